The fraction of sp³-hybridized carbons (Fsp3) is 0.529. The number of ether oxygens (including phenoxy) is 1. The summed E-state index contributed by atoms with van der Waals surface area (Å²) in [4.78, 5) is 3.31. The summed E-state index contributed by atoms with van der Waals surface area (Å²) in [5.74, 6) is 0. The van der Waals surface area contributed by atoms with E-state index in [0.717, 1.165) is 19.7 Å². The molecule has 0 unspecified atom stereocenters. The van der Waals surface area contributed by atoms with Crippen molar-refractivity contribution in [2.24, 2.45) is 0 Å². The summed E-state index contributed by atoms with van der Waals surface area (Å²) >= 11 is 0. The Balaban J connectivity index is 1.39. The van der Waals surface area contributed by atoms with Crippen LogP contribution in [0.1, 0.15) is 37.7 Å². The zero-order valence-electron chi connectivity index (χ0n) is 12.0. The number of aromatic amines is 1. The van der Waals surface area contributed by atoms with E-state index >= 15 is 0 Å². The second-order valence-electron chi connectivity index (χ2n) is 5.67. The van der Waals surface area contributed by atoms with Gasteiger partial charge in [-0.1, -0.05) is 37.5 Å². The molecular formula is C17H24N2O. The number of benzene rings is 1. The van der Waals surface area contributed by atoms with Crippen LogP contribution >= 0.6 is 0 Å². The molecule has 0 bridgehead atoms. The third-order valence-electron chi connectivity index (χ3n) is 4.17. The number of fused-ring (bicyclic) bond motifs is 1. The zero-order chi connectivity index (χ0) is 13.6. The van der Waals surface area contributed by atoms with E-state index in [1.54, 1.807) is 0 Å². The predicted octanol–water partition coefficient (Wildman–Crippen LogP) is 3.61. The summed E-state index contributed by atoms with van der Waals surface area (Å²) in [6.07, 6.45) is 9.18. The molecule has 1 aliphatic rings. The molecule has 0 aliphatic heterocycles. The molecule has 2 aromatic rings. The molecule has 0 atom stereocenters. The fourth-order valence-electron chi connectivity index (χ4n) is 3.03. The topological polar surface area (TPSA) is 37.0 Å². The lowest BCUT2D eigenvalue weighted by molar-refractivity contribution is 0.0302. The maximum atomic E-state index is 5.92. The van der Waals surface area contributed by atoms with E-state index in [2.05, 4.69) is 40.8 Å². The number of nitrogens with one attached hydrogen (secondary N) is 2. The lowest BCUT2D eigenvalue weighted by Gasteiger charge is -2.22. The van der Waals surface area contributed by atoms with Crippen LogP contribution in [-0.2, 0) is 11.3 Å². The van der Waals surface area contributed by atoms with Crippen molar-refractivity contribution >= 4 is 10.9 Å². The molecule has 0 saturated heterocycles. The summed E-state index contributed by atoms with van der Waals surface area (Å²) < 4.78 is 5.92. The zero-order valence-corrected chi connectivity index (χ0v) is 12.0. The maximum absolute atomic E-state index is 5.92. The van der Waals surface area contributed by atoms with Crippen molar-refractivity contribution < 1.29 is 4.74 Å². The van der Waals surface area contributed by atoms with Crippen molar-refractivity contribution in [1.29, 1.82) is 0 Å². The number of aromatic nitrogens is 1. The molecule has 3 rings (SSSR count). The Kier molecular flexibility index (Phi) is 4.72. The average molecular weight is 272 g/mol. The van der Waals surface area contributed by atoms with Gasteiger partial charge in [-0.3, -0.25) is 0 Å². The number of para-hydroxylation sites is 1. The van der Waals surface area contributed by atoms with Gasteiger partial charge >= 0.3 is 0 Å². The van der Waals surface area contributed by atoms with Crippen LogP contribution in [0.2, 0.25) is 0 Å². The first-order valence-electron chi connectivity index (χ1n) is 7.81. The summed E-state index contributed by atoms with van der Waals surface area (Å²) in [7, 11) is 0. The largest absolute Gasteiger partial charge is 0.377 e. The lowest BCUT2D eigenvalue weighted by Crippen LogP contribution is -2.24. The summed E-state index contributed by atoms with van der Waals surface area (Å²) in [5.41, 5.74) is 2.54. The second kappa shape index (κ2) is 6.91. The minimum absolute atomic E-state index is 0.513. The van der Waals surface area contributed by atoms with Gasteiger partial charge in [0.2, 0.25) is 0 Å². The third-order valence-corrected chi connectivity index (χ3v) is 4.17. The molecule has 1 saturated carbocycles. The van der Waals surface area contributed by atoms with Gasteiger partial charge in [0.1, 0.15) is 0 Å². The van der Waals surface area contributed by atoms with Crippen molar-refractivity contribution in [1.82, 2.24) is 10.3 Å². The third kappa shape index (κ3) is 3.41. The monoisotopic (exact) mass is 272 g/mol. The number of hydrogen-bond donors (Lipinski definition) is 2. The maximum Gasteiger partial charge on any atom is 0.0594 e. The summed E-state index contributed by atoms with van der Waals surface area (Å²) in [6, 6.07) is 8.44. The highest BCUT2D eigenvalue weighted by molar-refractivity contribution is 5.82. The summed E-state index contributed by atoms with van der Waals surface area (Å²) in [5, 5.41) is 4.79. The van der Waals surface area contributed by atoms with E-state index in [9.17, 15) is 0 Å². The second-order valence-corrected chi connectivity index (χ2v) is 5.67. The minimum atomic E-state index is 0.513. The molecule has 1 fully saturated rings. The van der Waals surface area contributed by atoms with Crippen LogP contribution in [0.4, 0.5) is 0 Å². The Morgan fingerprint density at radius 3 is 2.90 bits per heavy atom. The average Bonchev–Trinajstić information content (AvgIpc) is 2.91. The number of rotatable bonds is 6. The van der Waals surface area contributed by atoms with Crippen LogP contribution in [0.5, 0.6) is 0 Å². The van der Waals surface area contributed by atoms with Gasteiger partial charge in [0.25, 0.3) is 0 Å². The van der Waals surface area contributed by atoms with Crippen molar-refractivity contribution in [3.05, 3.63) is 36.0 Å². The first kappa shape index (κ1) is 13.7. The number of hydrogen-bond acceptors (Lipinski definition) is 2. The Bertz CT molecular complexity index is 529. The van der Waals surface area contributed by atoms with Gasteiger partial charge in [-0.2, -0.15) is 0 Å². The predicted molar refractivity (Wildman–Crippen MR) is 82.8 cm³/mol. The molecule has 108 valence electrons. The van der Waals surface area contributed by atoms with Gasteiger partial charge in [0, 0.05) is 30.2 Å². The highest BCUT2D eigenvalue weighted by Crippen LogP contribution is 2.20. The molecule has 20 heavy (non-hydrogen) atoms. The first-order chi connectivity index (χ1) is 9.93. The lowest BCUT2D eigenvalue weighted by atomic mass is 9.98. The quantitative estimate of drug-likeness (QED) is 0.788. The van der Waals surface area contributed by atoms with E-state index < -0.39 is 0 Å². The van der Waals surface area contributed by atoms with Gasteiger partial charge in [-0.05, 0) is 24.5 Å². The SMILES string of the molecule is c1ccc2c(CNCCOC3CCCCC3)c[nH]c2c1. The minimum Gasteiger partial charge on any atom is -0.377 e. The molecule has 0 amide bonds. The van der Waals surface area contributed by atoms with Gasteiger partial charge in [0.05, 0.1) is 12.7 Å². The Morgan fingerprint density at radius 2 is 2.00 bits per heavy atom. The van der Waals surface area contributed by atoms with E-state index in [4.69, 9.17) is 4.74 Å². The molecule has 1 aromatic carbocycles. The highest BCUT2D eigenvalue weighted by Gasteiger charge is 2.12. The molecule has 1 aromatic heterocycles. The smallest absolute Gasteiger partial charge is 0.0594 e. The fourth-order valence-corrected chi connectivity index (χ4v) is 3.03. The van der Waals surface area contributed by atoms with Gasteiger partial charge in [-0.25, -0.2) is 0 Å². The molecular weight excluding hydrogens is 248 g/mol. The highest BCUT2D eigenvalue weighted by atomic mass is 16.5. The number of H-pyrrole nitrogens is 1. The van der Waals surface area contributed by atoms with E-state index in [-0.39, 0.29) is 0 Å². The van der Waals surface area contributed by atoms with Crippen LogP contribution < -0.4 is 5.32 Å². The molecule has 0 radical (unpaired) electrons. The van der Waals surface area contributed by atoms with Gasteiger partial charge in [-0.15, -0.1) is 0 Å². The van der Waals surface area contributed by atoms with E-state index in [1.807, 2.05) is 0 Å². The molecule has 3 heteroatoms. The van der Waals surface area contributed by atoms with Crippen LogP contribution in [-0.4, -0.2) is 24.2 Å². The Hall–Kier alpha value is -1.32. The van der Waals surface area contributed by atoms with Crippen LogP contribution in [0.3, 0.4) is 0 Å². The Labute approximate surface area is 120 Å². The van der Waals surface area contributed by atoms with Crippen LogP contribution in [0, 0.1) is 0 Å². The molecule has 1 heterocycles. The van der Waals surface area contributed by atoms with Gasteiger partial charge in [0.15, 0.2) is 0 Å². The Morgan fingerprint density at radius 1 is 1.15 bits per heavy atom. The summed E-state index contributed by atoms with van der Waals surface area (Å²) in [6.45, 7) is 2.65. The van der Waals surface area contributed by atoms with Crippen molar-refractivity contribution in [2.45, 2.75) is 44.8 Å². The van der Waals surface area contributed by atoms with Crippen LogP contribution in [0.15, 0.2) is 30.5 Å². The van der Waals surface area contributed by atoms with E-state index in [0.29, 0.717) is 6.10 Å². The van der Waals surface area contributed by atoms with Crippen molar-refractivity contribution in [3.8, 4) is 0 Å². The molecule has 1 aliphatic carbocycles. The van der Waals surface area contributed by atoms with E-state index in [1.165, 1.54) is 48.6 Å². The van der Waals surface area contributed by atoms with Gasteiger partial charge < -0.3 is 15.0 Å². The first-order valence-corrected chi connectivity index (χ1v) is 7.81. The van der Waals surface area contributed by atoms with Crippen molar-refractivity contribution in [2.75, 3.05) is 13.2 Å². The molecule has 2 N–H and O–H groups in total. The van der Waals surface area contributed by atoms with Crippen LogP contribution in [0.25, 0.3) is 10.9 Å². The molecule has 0 spiro atoms. The normalized spacial score (nSPS) is 16.8. The molecule has 3 nitrogen and oxygen atoms in total. The van der Waals surface area contributed by atoms with Crippen molar-refractivity contribution in [3.63, 3.8) is 0 Å². The standard InChI is InChI=1S/C17H24N2O/c1-2-6-15(7-3-1)20-11-10-18-12-14-13-19-17-9-5-4-8-16(14)17/h4-5,8-9,13,15,18-19H,1-3,6-7,10-12H2.